The molecule has 184 valence electrons. The van der Waals surface area contributed by atoms with Crippen LogP contribution in [0.5, 0.6) is 0 Å². The van der Waals surface area contributed by atoms with Crippen LogP contribution in [0.3, 0.4) is 0 Å². The molecule has 4 aromatic rings. The highest BCUT2D eigenvalue weighted by atomic mass is 16.5. The van der Waals surface area contributed by atoms with Crippen molar-refractivity contribution in [1.82, 2.24) is 20.4 Å². The molecule has 36 heavy (non-hydrogen) atoms. The number of hydrogen-bond acceptors (Lipinski definition) is 6. The van der Waals surface area contributed by atoms with Gasteiger partial charge in [0.05, 0.1) is 28.9 Å². The Kier molecular flexibility index (Phi) is 6.26. The molecule has 1 aromatic carbocycles. The molecule has 0 saturated heterocycles. The second-order valence-electron chi connectivity index (χ2n) is 10.5. The first-order valence-electron chi connectivity index (χ1n) is 12.2. The topological polar surface area (TPSA) is 110 Å². The van der Waals surface area contributed by atoms with E-state index in [-0.39, 0.29) is 17.2 Å². The molecule has 0 aliphatic heterocycles. The molecular weight excluding hydrogens is 454 g/mol. The number of aromatic nitrogens is 3. The van der Waals surface area contributed by atoms with Crippen LogP contribution in [-0.2, 0) is 13.0 Å². The number of nitrogens with one attached hydrogen (secondary N) is 2. The van der Waals surface area contributed by atoms with E-state index in [0.717, 1.165) is 29.9 Å². The van der Waals surface area contributed by atoms with Gasteiger partial charge in [0.2, 0.25) is 0 Å². The summed E-state index contributed by atoms with van der Waals surface area (Å²) in [5.74, 6) is -0.178. The van der Waals surface area contributed by atoms with Crippen LogP contribution in [0.15, 0.2) is 59.3 Å². The van der Waals surface area contributed by atoms with Crippen LogP contribution >= 0.6 is 0 Å². The molecule has 0 unspecified atom stereocenters. The van der Waals surface area contributed by atoms with Crippen molar-refractivity contribution in [2.24, 2.45) is 5.41 Å². The average molecular weight is 484 g/mol. The number of rotatable bonds is 7. The molecule has 0 spiro atoms. The molecule has 2 amide bonds. The second-order valence-corrected chi connectivity index (χ2v) is 10.5. The Labute approximate surface area is 209 Å². The number of anilines is 1. The third-order valence-electron chi connectivity index (χ3n) is 6.01. The van der Waals surface area contributed by atoms with E-state index in [2.05, 4.69) is 46.5 Å². The molecule has 2 N–H and O–H groups in total. The van der Waals surface area contributed by atoms with Gasteiger partial charge < -0.3 is 15.2 Å². The van der Waals surface area contributed by atoms with Crippen LogP contribution in [0.1, 0.15) is 77.3 Å². The molecule has 5 rings (SSSR count). The number of nitrogens with zero attached hydrogens (tertiary/aromatic N) is 3. The van der Waals surface area contributed by atoms with Crippen molar-refractivity contribution in [3.05, 3.63) is 82.9 Å². The average Bonchev–Trinajstić information content (AvgIpc) is 3.64. The molecule has 1 saturated carbocycles. The van der Waals surface area contributed by atoms with Crippen molar-refractivity contribution in [1.29, 1.82) is 0 Å². The summed E-state index contributed by atoms with van der Waals surface area (Å²) in [6.45, 7) is 6.66. The molecule has 0 radical (unpaired) electrons. The zero-order chi connectivity index (χ0) is 25.3. The molecule has 1 aliphatic carbocycles. The van der Waals surface area contributed by atoms with Crippen LogP contribution in [0.4, 0.5) is 5.69 Å². The van der Waals surface area contributed by atoms with Crippen LogP contribution < -0.4 is 10.6 Å². The lowest BCUT2D eigenvalue weighted by Crippen LogP contribution is -2.23. The Balaban J connectivity index is 1.39. The quantitative estimate of drug-likeness (QED) is 0.371. The fourth-order valence-electron chi connectivity index (χ4n) is 4.13. The van der Waals surface area contributed by atoms with Gasteiger partial charge in [-0.3, -0.25) is 14.6 Å². The number of fused-ring (bicyclic) bond motifs is 1. The first-order chi connectivity index (χ1) is 17.3. The Hall–Kier alpha value is -4.07. The van der Waals surface area contributed by atoms with E-state index in [1.54, 1.807) is 30.5 Å². The minimum Gasteiger partial charge on any atom is -0.346 e. The summed E-state index contributed by atoms with van der Waals surface area (Å²) in [7, 11) is 0. The van der Waals surface area contributed by atoms with E-state index in [0.29, 0.717) is 46.8 Å². The van der Waals surface area contributed by atoms with Crippen molar-refractivity contribution in [3.8, 4) is 0 Å². The largest absolute Gasteiger partial charge is 0.346 e. The Bertz CT molecular complexity index is 1420. The van der Waals surface area contributed by atoms with Crippen LogP contribution in [0.2, 0.25) is 0 Å². The van der Waals surface area contributed by atoms with Gasteiger partial charge in [0.15, 0.2) is 0 Å². The number of amides is 2. The van der Waals surface area contributed by atoms with Gasteiger partial charge in [-0.2, -0.15) is 0 Å². The number of carbonyl (C=O) groups excluding carboxylic acids is 2. The smallest absolute Gasteiger partial charge is 0.259 e. The third-order valence-corrected chi connectivity index (χ3v) is 6.01. The van der Waals surface area contributed by atoms with Gasteiger partial charge >= 0.3 is 0 Å². The lowest BCUT2D eigenvalue weighted by molar-refractivity contribution is 0.0949. The summed E-state index contributed by atoms with van der Waals surface area (Å²) < 4.78 is 5.57. The molecule has 0 atom stereocenters. The van der Waals surface area contributed by atoms with E-state index in [9.17, 15) is 9.59 Å². The predicted molar refractivity (Wildman–Crippen MR) is 137 cm³/mol. The Morgan fingerprint density at radius 1 is 1.06 bits per heavy atom. The van der Waals surface area contributed by atoms with Gasteiger partial charge in [0, 0.05) is 29.1 Å². The summed E-state index contributed by atoms with van der Waals surface area (Å²) in [6, 6.07) is 14.3. The summed E-state index contributed by atoms with van der Waals surface area (Å²) in [5, 5.41) is 10.7. The van der Waals surface area contributed by atoms with Gasteiger partial charge in [-0.1, -0.05) is 38.1 Å². The standard InChI is InChI=1S/C28H29N5O3/c1-28(2,3)15-23-24-21(14-22(17-10-11-17)32-27(24)36-33-23)26(35)31-19-9-6-7-18(13-19)25(34)30-16-20-8-4-5-12-29-20/h4-9,12-14,17H,10-11,15-16H2,1-3H3,(H,30,34)(H,31,35). The maximum absolute atomic E-state index is 13.5. The van der Waals surface area contributed by atoms with Gasteiger partial charge in [-0.25, -0.2) is 4.98 Å². The molecule has 8 heteroatoms. The van der Waals surface area contributed by atoms with Gasteiger partial charge in [-0.05, 0) is 61.1 Å². The van der Waals surface area contributed by atoms with E-state index < -0.39 is 0 Å². The molecule has 8 nitrogen and oxygen atoms in total. The number of pyridine rings is 2. The molecule has 0 bridgehead atoms. The number of hydrogen-bond donors (Lipinski definition) is 2. The zero-order valence-corrected chi connectivity index (χ0v) is 20.7. The Morgan fingerprint density at radius 2 is 1.89 bits per heavy atom. The van der Waals surface area contributed by atoms with Crippen LogP contribution in [0, 0.1) is 5.41 Å². The molecule has 1 aliphatic rings. The lowest BCUT2D eigenvalue weighted by atomic mass is 9.89. The van der Waals surface area contributed by atoms with Gasteiger partial charge in [0.25, 0.3) is 17.5 Å². The molecule has 3 heterocycles. The van der Waals surface area contributed by atoms with E-state index in [1.165, 1.54) is 0 Å². The van der Waals surface area contributed by atoms with E-state index >= 15 is 0 Å². The van der Waals surface area contributed by atoms with Gasteiger partial charge in [-0.15, -0.1) is 0 Å². The van der Waals surface area contributed by atoms with Crippen LogP contribution in [0.25, 0.3) is 11.1 Å². The van der Waals surface area contributed by atoms with Crippen molar-refractivity contribution >= 4 is 28.6 Å². The maximum Gasteiger partial charge on any atom is 0.259 e. The first kappa shape index (κ1) is 23.7. The number of carbonyl (C=O) groups is 2. The third kappa shape index (κ3) is 5.43. The molecule has 3 aromatic heterocycles. The summed E-state index contributed by atoms with van der Waals surface area (Å²) in [4.78, 5) is 35.1. The fraction of sp³-hybridized carbons (Fsp3) is 0.321. The molecular formula is C28H29N5O3. The van der Waals surface area contributed by atoms with E-state index in [1.807, 2.05) is 24.3 Å². The highest BCUT2D eigenvalue weighted by molar-refractivity contribution is 6.12. The van der Waals surface area contributed by atoms with Crippen molar-refractivity contribution in [3.63, 3.8) is 0 Å². The zero-order valence-electron chi connectivity index (χ0n) is 20.7. The van der Waals surface area contributed by atoms with Crippen LogP contribution in [-0.4, -0.2) is 26.9 Å². The highest BCUT2D eigenvalue weighted by Gasteiger charge is 2.30. The van der Waals surface area contributed by atoms with Gasteiger partial charge in [0.1, 0.15) is 0 Å². The second kappa shape index (κ2) is 9.53. The SMILES string of the molecule is CC(C)(C)Cc1noc2nc(C3CC3)cc(C(=O)Nc3cccc(C(=O)NCc4ccccn4)c3)c12. The normalized spacial score (nSPS) is 13.5. The van der Waals surface area contributed by atoms with Crippen molar-refractivity contribution in [2.75, 3.05) is 5.32 Å². The lowest BCUT2D eigenvalue weighted by Gasteiger charge is -2.16. The summed E-state index contributed by atoms with van der Waals surface area (Å²) in [6.07, 6.45) is 4.44. The van der Waals surface area contributed by atoms with Crippen molar-refractivity contribution < 1.29 is 14.1 Å². The highest BCUT2D eigenvalue weighted by Crippen LogP contribution is 2.41. The minimum absolute atomic E-state index is 0.0380. The van der Waals surface area contributed by atoms with Crippen molar-refractivity contribution in [2.45, 2.75) is 52.5 Å². The fourth-order valence-corrected chi connectivity index (χ4v) is 4.13. The summed E-state index contributed by atoms with van der Waals surface area (Å²) in [5.41, 5.74) is 4.16. The number of benzene rings is 1. The predicted octanol–water partition coefficient (Wildman–Crippen LogP) is 5.27. The Morgan fingerprint density at radius 3 is 2.61 bits per heavy atom. The maximum atomic E-state index is 13.5. The van der Waals surface area contributed by atoms with E-state index in [4.69, 9.17) is 4.52 Å². The minimum atomic E-state index is -0.284. The monoisotopic (exact) mass is 483 g/mol. The first-order valence-corrected chi connectivity index (χ1v) is 12.2. The summed E-state index contributed by atoms with van der Waals surface area (Å²) >= 11 is 0. The molecule has 1 fully saturated rings.